The van der Waals surface area contributed by atoms with Gasteiger partial charge in [0, 0.05) is 31.9 Å². The zero-order chi connectivity index (χ0) is 21.2. The number of amides is 1. The molecule has 5 rings (SSSR count). The van der Waals surface area contributed by atoms with E-state index in [2.05, 4.69) is 32.2 Å². The van der Waals surface area contributed by atoms with Gasteiger partial charge in [0.1, 0.15) is 0 Å². The number of nitrogens with zero attached hydrogens (tertiary/aromatic N) is 6. The van der Waals surface area contributed by atoms with Gasteiger partial charge in [0.2, 0.25) is 0 Å². The number of anilines is 1. The highest BCUT2D eigenvalue weighted by Gasteiger charge is 2.26. The summed E-state index contributed by atoms with van der Waals surface area (Å²) in [6, 6.07) is 17.2. The van der Waals surface area contributed by atoms with E-state index >= 15 is 0 Å². The van der Waals surface area contributed by atoms with Crippen LogP contribution >= 0.6 is 0 Å². The van der Waals surface area contributed by atoms with E-state index in [1.54, 1.807) is 23.1 Å². The average Bonchev–Trinajstić information content (AvgIpc) is 3.30. The van der Waals surface area contributed by atoms with Crippen molar-refractivity contribution in [1.82, 2.24) is 24.6 Å². The third kappa shape index (κ3) is 3.77. The number of carbonyl (C=O) groups is 1. The van der Waals surface area contributed by atoms with Crippen LogP contribution in [0.1, 0.15) is 16.5 Å². The van der Waals surface area contributed by atoms with Gasteiger partial charge in [-0.3, -0.25) is 14.2 Å². The summed E-state index contributed by atoms with van der Waals surface area (Å²) in [6.07, 6.45) is 1.45. The van der Waals surface area contributed by atoms with Crippen LogP contribution in [0.4, 0.5) is 5.69 Å². The van der Waals surface area contributed by atoms with Crippen LogP contribution in [-0.2, 0) is 6.54 Å². The van der Waals surface area contributed by atoms with E-state index in [9.17, 15) is 9.59 Å². The number of hydrogen-bond donors (Lipinski definition) is 0. The highest BCUT2D eigenvalue weighted by molar-refractivity contribution is 5.89. The number of fused-ring (bicyclic) bond motifs is 1. The molecular weight excluding hydrogens is 396 g/mol. The van der Waals surface area contributed by atoms with Crippen molar-refractivity contribution in [3.63, 3.8) is 0 Å². The Hall–Kier alpha value is -4.01. The lowest BCUT2D eigenvalue weighted by Gasteiger charge is -2.35. The van der Waals surface area contributed by atoms with Crippen molar-refractivity contribution in [2.75, 3.05) is 31.1 Å². The summed E-state index contributed by atoms with van der Waals surface area (Å²) >= 11 is 0. The van der Waals surface area contributed by atoms with E-state index in [0.717, 1.165) is 18.8 Å². The van der Waals surface area contributed by atoms with Gasteiger partial charge < -0.3 is 14.3 Å². The first kappa shape index (κ1) is 19.0. The normalized spacial score (nSPS) is 14.2. The summed E-state index contributed by atoms with van der Waals surface area (Å²) in [5, 5.41) is 4.39. The Kier molecular flexibility index (Phi) is 4.91. The first-order valence-corrected chi connectivity index (χ1v) is 10.0. The van der Waals surface area contributed by atoms with Crippen molar-refractivity contribution in [2.45, 2.75) is 6.54 Å². The molecule has 0 N–H and O–H groups in total. The van der Waals surface area contributed by atoms with E-state index in [-0.39, 0.29) is 29.7 Å². The molecule has 9 heteroatoms. The SMILES string of the molecule is O=C(c1nc(Cn2cnc3ccccc3c2=O)no1)N1CCN(c2ccccc2)CC1. The molecule has 156 valence electrons. The number of benzene rings is 2. The van der Waals surface area contributed by atoms with E-state index in [1.165, 1.54) is 10.9 Å². The van der Waals surface area contributed by atoms with Gasteiger partial charge in [0.05, 0.1) is 23.8 Å². The average molecular weight is 416 g/mol. The summed E-state index contributed by atoms with van der Waals surface area (Å²) in [4.78, 5) is 37.8. The second-order valence-corrected chi connectivity index (χ2v) is 7.33. The van der Waals surface area contributed by atoms with Gasteiger partial charge in [-0.25, -0.2) is 4.98 Å². The van der Waals surface area contributed by atoms with Crippen LogP contribution in [0.3, 0.4) is 0 Å². The van der Waals surface area contributed by atoms with Gasteiger partial charge in [-0.05, 0) is 24.3 Å². The maximum absolute atomic E-state index is 12.8. The standard InChI is InChI=1S/C22H20N6O3/c29-21-17-8-4-5-9-18(17)23-15-28(21)14-19-24-20(31-25-19)22(30)27-12-10-26(11-13-27)16-6-2-1-3-7-16/h1-9,15H,10-14H2. The Labute approximate surface area is 177 Å². The number of para-hydroxylation sites is 2. The van der Waals surface area contributed by atoms with Crippen molar-refractivity contribution in [3.8, 4) is 0 Å². The Morgan fingerprint density at radius 1 is 0.968 bits per heavy atom. The van der Waals surface area contributed by atoms with Crippen LogP contribution in [0, 0.1) is 0 Å². The number of rotatable bonds is 4. The molecule has 1 fully saturated rings. The molecule has 0 unspecified atom stereocenters. The molecule has 0 atom stereocenters. The highest BCUT2D eigenvalue weighted by atomic mass is 16.5. The van der Waals surface area contributed by atoms with E-state index in [0.29, 0.717) is 24.0 Å². The van der Waals surface area contributed by atoms with Crippen LogP contribution in [0.2, 0.25) is 0 Å². The molecule has 0 aliphatic carbocycles. The lowest BCUT2D eigenvalue weighted by molar-refractivity contribution is 0.0696. The summed E-state index contributed by atoms with van der Waals surface area (Å²) in [6.45, 7) is 2.68. The second-order valence-electron chi connectivity index (χ2n) is 7.33. The van der Waals surface area contributed by atoms with Gasteiger partial charge in [-0.15, -0.1) is 0 Å². The van der Waals surface area contributed by atoms with Crippen molar-refractivity contribution in [1.29, 1.82) is 0 Å². The highest BCUT2D eigenvalue weighted by Crippen LogP contribution is 2.16. The first-order valence-electron chi connectivity index (χ1n) is 10.0. The number of carbonyl (C=O) groups excluding carboxylic acids is 1. The number of aromatic nitrogens is 4. The Morgan fingerprint density at radius 2 is 1.71 bits per heavy atom. The molecule has 4 aromatic rings. The van der Waals surface area contributed by atoms with Gasteiger partial charge >= 0.3 is 11.8 Å². The Balaban J connectivity index is 1.26. The number of hydrogen-bond acceptors (Lipinski definition) is 7. The zero-order valence-electron chi connectivity index (χ0n) is 16.7. The molecule has 1 amide bonds. The summed E-state index contributed by atoms with van der Waals surface area (Å²) in [7, 11) is 0. The van der Waals surface area contributed by atoms with Gasteiger partial charge in [-0.2, -0.15) is 4.98 Å². The lowest BCUT2D eigenvalue weighted by atomic mass is 10.2. The minimum absolute atomic E-state index is 0.0649. The lowest BCUT2D eigenvalue weighted by Crippen LogP contribution is -2.48. The van der Waals surface area contributed by atoms with Gasteiger partial charge in [0.25, 0.3) is 5.56 Å². The predicted octanol–water partition coefficient (Wildman–Crippen LogP) is 1.79. The molecule has 2 aromatic heterocycles. The first-order chi connectivity index (χ1) is 15.2. The Morgan fingerprint density at radius 3 is 2.52 bits per heavy atom. The zero-order valence-corrected chi connectivity index (χ0v) is 16.7. The molecule has 9 nitrogen and oxygen atoms in total. The van der Waals surface area contributed by atoms with Crippen LogP contribution in [0.5, 0.6) is 0 Å². The largest absolute Gasteiger partial charge is 0.368 e. The quantitative estimate of drug-likeness (QED) is 0.500. The van der Waals surface area contributed by atoms with E-state index < -0.39 is 0 Å². The predicted molar refractivity (Wildman–Crippen MR) is 114 cm³/mol. The van der Waals surface area contributed by atoms with Gasteiger partial charge in [0.15, 0.2) is 5.82 Å². The van der Waals surface area contributed by atoms with Crippen molar-refractivity contribution >= 4 is 22.5 Å². The fourth-order valence-corrected chi connectivity index (χ4v) is 3.72. The molecule has 1 aliphatic heterocycles. The maximum atomic E-state index is 12.8. The van der Waals surface area contributed by atoms with Crippen molar-refractivity contribution in [3.05, 3.63) is 83.0 Å². The fraction of sp³-hybridized carbons (Fsp3) is 0.227. The molecule has 0 radical (unpaired) electrons. The van der Waals surface area contributed by atoms with Crippen molar-refractivity contribution in [2.24, 2.45) is 0 Å². The smallest absolute Gasteiger partial charge is 0.316 e. The maximum Gasteiger partial charge on any atom is 0.316 e. The monoisotopic (exact) mass is 416 g/mol. The molecule has 1 saturated heterocycles. The number of piperazine rings is 1. The Bertz CT molecular complexity index is 1280. The van der Waals surface area contributed by atoms with Crippen LogP contribution in [0.15, 0.2) is 70.2 Å². The van der Waals surface area contributed by atoms with Crippen LogP contribution < -0.4 is 10.5 Å². The minimum Gasteiger partial charge on any atom is -0.368 e. The van der Waals surface area contributed by atoms with Gasteiger partial charge in [-0.1, -0.05) is 35.5 Å². The van der Waals surface area contributed by atoms with Crippen molar-refractivity contribution < 1.29 is 9.32 Å². The molecule has 0 spiro atoms. The molecule has 2 aromatic carbocycles. The minimum atomic E-state index is -0.296. The topological polar surface area (TPSA) is 97.4 Å². The molecule has 1 aliphatic rings. The summed E-state index contributed by atoms with van der Waals surface area (Å²) < 4.78 is 6.59. The fourth-order valence-electron chi connectivity index (χ4n) is 3.72. The molecule has 0 saturated carbocycles. The summed E-state index contributed by atoms with van der Waals surface area (Å²) in [5.74, 6) is -0.106. The molecule has 0 bridgehead atoms. The third-order valence-electron chi connectivity index (χ3n) is 5.38. The molecular formula is C22H20N6O3. The van der Waals surface area contributed by atoms with Crippen LogP contribution in [0.25, 0.3) is 10.9 Å². The second kappa shape index (κ2) is 8.02. The van der Waals surface area contributed by atoms with E-state index in [1.807, 2.05) is 24.3 Å². The van der Waals surface area contributed by atoms with E-state index in [4.69, 9.17) is 4.52 Å². The molecule has 3 heterocycles. The third-order valence-corrected chi connectivity index (χ3v) is 5.38. The summed E-state index contributed by atoms with van der Waals surface area (Å²) in [5.41, 5.74) is 1.58. The van der Waals surface area contributed by atoms with Crippen LogP contribution in [-0.4, -0.2) is 56.7 Å². The molecule has 31 heavy (non-hydrogen) atoms.